The molecule has 1 aromatic carbocycles. The smallest absolute Gasteiger partial charge is 0.128 e. The molecule has 0 aliphatic carbocycles. The average molecular weight is 210 g/mol. The highest BCUT2D eigenvalue weighted by molar-refractivity contribution is 6.04. The Morgan fingerprint density at radius 2 is 2.25 bits per heavy atom. The molecule has 80 valence electrons. The summed E-state index contributed by atoms with van der Waals surface area (Å²) in [7, 11) is 0. The van der Waals surface area contributed by atoms with Gasteiger partial charge in [-0.25, -0.2) is 0 Å². The molecule has 0 unspecified atom stereocenters. The van der Waals surface area contributed by atoms with E-state index in [9.17, 15) is 0 Å². The van der Waals surface area contributed by atoms with Crippen molar-refractivity contribution in [2.45, 2.75) is 6.92 Å². The number of hydrogen-bond donors (Lipinski definition) is 0. The Balaban J connectivity index is 1.99. The van der Waals surface area contributed by atoms with E-state index in [1.807, 2.05) is 0 Å². The number of benzene rings is 1. The van der Waals surface area contributed by atoms with Gasteiger partial charge in [0.2, 0.25) is 0 Å². The van der Waals surface area contributed by atoms with Gasteiger partial charge in [-0.3, -0.25) is 4.99 Å². The summed E-state index contributed by atoms with van der Waals surface area (Å²) >= 11 is 0. The van der Waals surface area contributed by atoms with Crippen LogP contribution in [0.3, 0.4) is 0 Å². The third-order valence-corrected chi connectivity index (χ3v) is 2.98. The first-order chi connectivity index (χ1) is 7.83. The van der Waals surface area contributed by atoms with Crippen LogP contribution in [0.1, 0.15) is 11.1 Å². The van der Waals surface area contributed by atoms with Crippen LogP contribution >= 0.6 is 0 Å². The quantitative estimate of drug-likeness (QED) is 0.695. The second-order valence-corrected chi connectivity index (χ2v) is 4.22. The molecule has 1 aromatic rings. The molecule has 2 nitrogen and oxygen atoms in total. The maximum Gasteiger partial charge on any atom is 0.128 e. The fraction of sp³-hybridized carbons (Fsp3) is 0.214. The van der Waals surface area contributed by atoms with E-state index >= 15 is 0 Å². The Labute approximate surface area is 95.6 Å². The molecule has 0 saturated carbocycles. The number of nitrogens with zero attached hydrogens (tertiary/aromatic N) is 2. The van der Waals surface area contributed by atoms with Crippen LogP contribution in [0.2, 0.25) is 0 Å². The topological polar surface area (TPSA) is 15.6 Å². The van der Waals surface area contributed by atoms with Gasteiger partial charge in [0.25, 0.3) is 0 Å². The minimum Gasteiger partial charge on any atom is -0.331 e. The molecule has 0 bridgehead atoms. The van der Waals surface area contributed by atoms with Crippen molar-refractivity contribution in [1.29, 1.82) is 0 Å². The number of rotatable bonds is 1. The number of aryl methyl sites for hydroxylation is 1. The summed E-state index contributed by atoms with van der Waals surface area (Å²) in [6, 6.07) is 8.58. The Morgan fingerprint density at radius 3 is 3.12 bits per heavy atom. The van der Waals surface area contributed by atoms with Gasteiger partial charge in [-0.15, -0.1) is 0 Å². The molecule has 2 heteroatoms. The molecule has 0 radical (unpaired) electrons. The summed E-state index contributed by atoms with van der Waals surface area (Å²) in [6.45, 7) is 4.05. The molecule has 2 aliphatic heterocycles. The Hall–Kier alpha value is -1.83. The summed E-state index contributed by atoms with van der Waals surface area (Å²) in [4.78, 5) is 6.66. The lowest BCUT2D eigenvalue weighted by Gasteiger charge is -2.18. The standard InChI is InChI=1S/C14H14N2/c1-11-3-2-4-12(9-11)13-5-7-16-8-6-15-14(16)10-13/h2-5,7,9-10H,6,8H2,1H3. The van der Waals surface area contributed by atoms with Gasteiger partial charge in [-0.1, -0.05) is 29.8 Å². The zero-order valence-corrected chi connectivity index (χ0v) is 9.35. The lowest BCUT2D eigenvalue weighted by atomic mass is 10.0. The fourth-order valence-electron chi connectivity index (χ4n) is 2.12. The average Bonchev–Trinajstić information content (AvgIpc) is 2.75. The van der Waals surface area contributed by atoms with Crippen molar-refractivity contribution in [1.82, 2.24) is 4.90 Å². The molecular formula is C14H14N2. The van der Waals surface area contributed by atoms with Crippen molar-refractivity contribution in [2.75, 3.05) is 13.1 Å². The SMILES string of the molecule is Cc1cccc(C2=CC3=NCCN3C=C2)c1. The van der Waals surface area contributed by atoms with Crippen molar-refractivity contribution in [3.05, 3.63) is 53.7 Å². The number of allylic oxidation sites excluding steroid dienone is 2. The molecule has 2 aliphatic rings. The lowest BCUT2D eigenvalue weighted by Crippen LogP contribution is -2.22. The van der Waals surface area contributed by atoms with Crippen molar-refractivity contribution in [3.63, 3.8) is 0 Å². The van der Waals surface area contributed by atoms with Crippen LogP contribution in [0, 0.1) is 6.92 Å². The van der Waals surface area contributed by atoms with Crippen LogP contribution in [-0.4, -0.2) is 23.8 Å². The molecule has 0 aromatic heterocycles. The molecular weight excluding hydrogens is 196 g/mol. The van der Waals surface area contributed by atoms with Gasteiger partial charge in [-0.2, -0.15) is 0 Å². The second kappa shape index (κ2) is 3.63. The third-order valence-electron chi connectivity index (χ3n) is 2.98. The van der Waals surface area contributed by atoms with Crippen LogP contribution in [-0.2, 0) is 0 Å². The van der Waals surface area contributed by atoms with Crippen LogP contribution in [0.25, 0.3) is 5.57 Å². The second-order valence-electron chi connectivity index (χ2n) is 4.22. The lowest BCUT2D eigenvalue weighted by molar-refractivity contribution is 0.612. The Kier molecular flexibility index (Phi) is 2.13. The van der Waals surface area contributed by atoms with Crippen LogP contribution < -0.4 is 0 Å². The van der Waals surface area contributed by atoms with Gasteiger partial charge in [0, 0.05) is 12.7 Å². The predicted molar refractivity (Wildman–Crippen MR) is 67.3 cm³/mol. The molecule has 3 rings (SSSR count). The van der Waals surface area contributed by atoms with E-state index in [-0.39, 0.29) is 0 Å². The molecule has 0 saturated heterocycles. The number of fused-ring (bicyclic) bond motifs is 1. The zero-order chi connectivity index (χ0) is 11.0. The summed E-state index contributed by atoms with van der Waals surface area (Å²) in [5.41, 5.74) is 3.81. The Bertz CT molecular complexity index is 509. The normalized spacial score (nSPS) is 18.2. The molecule has 0 fully saturated rings. The van der Waals surface area contributed by atoms with Crippen molar-refractivity contribution < 1.29 is 0 Å². The van der Waals surface area contributed by atoms with E-state index < -0.39 is 0 Å². The van der Waals surface area contributed by atoms with Crippen molar-refractivity contribution in [2.24, 2.45) is 4.99 Å². The van der Waals surface area contributed by atoms with Gasteiger partial charge >= 0.3 is 0 Å². The van der Waals surface area contributed by atoms with E-state index in [2.05, 4.69) is 59.4 Å². The van der Waals surface area contributed by atoms with Gasteiger partial charge in [-0.05, 0) is 30.2 Å². The van der Waals surface area contributed by atoms with E-state index in [0.717, 1.165) is 18.9 Å². The first kappa shape index (κ1) is 9.40. The first-order valence-electron chi connectivity index (χ1n) is 5.61. The highest BCUT2D eigenvalue weighted by atomic mass is 15.2. The molecule has 2 heterocycles. The zero-order valence-electron chi connectivity index (χ0n) is 9.35. The van der Waals surface area contributed by atoms with Gasteiger partial charge in [0.1, 0.15) is 5.84 Å². The van der Waals surface area contributed by atoms with Gasteiger partial charge in [0.15, 0.2) is 0 Å². The molecule has 0 spiro atoms. The van der Waals surface area contributed by atoms with Crippen molar-refractivity contribution >= 4 is 11.4 Å². The predicted octanol–water partition coefficient (Wildman–Crippen LogP) is 2.62. The summed E-state index contributed by atoms with van der Waals surface area (Å²) in [5, 5.41) is 0. The third kappa shape index (κ3) is 1.56. The number of amidine groups is 1. The largest absolute Gasteiger partial charge is 0.331 e. The minimum atomic E-state index is 0.914. The number of aliphatic imine (C=N–C) groups is 1. The molecule has 0 N–H and O–H groups in total. The molecule has 16 heavy (non-hydrogen) atoms. The minimum absolute atomic E-state index is 0.914. The van der Waals surface area contributed by atoms with E-state index in [0.29, 0.717) is 0 Å². The van der Waals surface area contributed by atoms with Crippen LogP contribution in [0.4, 0.5) is 0 Å². The molecule has 0 amide bonds. The van der Waals surface area contributed by atoms with Crippen LogP contribution in [0.5, 0.6) is 0 Å². The summed E-state index contributed by atoms with van der Waals surface area (Å²) in [6.07, 6.45) is 6.46. The van der Waals surface area contributed by atoms with Crippen LogP contribution in [0.15, 0.2) is 47.6 Å². The molecule has 0 atom stereocenters. The summed E-state index contributed by atoms with van der Waals surface area (Å²) < 4.78 is 0. The monoisotopic (exact) mass is 210 g/mol. The maximum atomic E-state index is 4.47. The first-order valence-corrected chi connectivity index (χ1v) is 5.61. The Morgan fingerprint density at radius 1 is 1.31 bits per heavy atom. The van der Waals surface area contributed by atoms with E-state index in [1.54, 1.807) is 0 Å². The van der Waals surface area contributed by atoms with Gasteiger partial charge in [0.05, 0.1) is 6.54 Å². The van der Waals surface area contributed by atoms with E-state index in [1.165, 1.54) is 16.7 Å². The van der Waals surface area contributed by atoms with Crippen molar-refractivity contribution in [3.8, 4) is 0 Å². The van der Waals surface area contributed by atoms with Gasteiger partial charge < -0.3 is 4.90 Å². The van der Waals surface area contributed by atoms with E-state index in [4.69, 9.17) is 0 Å². The fourth-order valence-corrected chi connectivity index (χ4v) is 2.12. The summed E-state index contributed by atoms with van der Waals surface area (Å²) in [5.74, 6) is 1.10. The highest BCUT2D eigenvalue weighted by Crippen LogP contribution is 2.22. The highest BCUT2D eigenvalue weighted by Gasteiger charge is 2.16. The number of hydrogen-bond acceptors (Lipinski definition) is 2. The maximum absolute atomic E-state index is 4.47.